The molecule has 0 saturated heterocycles. The molecule has 0 fully saturated rings. The molecule has 2 atom stereocenters. The highest BCUT2D eigenvalue weighted by Gasteiger charge is 2.48. The van der Waals surface area contributed by atoms with Crippen molar-refractivity contribution in [2.75, 3.05) is 0 Å². The second kappa shape index (κ2) is 5.33. The van der Waals surface area contributed by atoms with Gasteiger partial charge >= 0.3 is 0 Å². The van der Waals surface area contributed by atoms with E-state index in [1.54, 1.807) is 11.1 Å². The predicted octanol–water partition coefficient (Wildman–Crippen LogP) is 6.56. The van der Waals surface area contributed by atoms with Crippen molar-refractivity contribution < 1.29 is 0 Å². The van der Waals surface area contributed by atoms with Crippen LogP contribution in [0.5, 0.6) is 0 Å². The Morgan fingerprint density at radius 3 is 1.88 bits per heavy atom. The van der Waals surface area contributed by atoms with Gasteiger partial charge in [-0.25, -0.2) is 0 Å². The van der Waals surface area contributed by atoms with Gasteiger partial charge in [-0.05, 0) is 51.6 Å². The van der Waals surface area contributed by atoms with Gasteiger partial charge in [-0.15, -0.1) is 0 Å². The third kappa shape index (κ3) is 2.00. The van der Waals surface area contributed by atoms with Gasteiger partial charge in [-0.1, -0.05) is 86.6 Å². The Morgan fingerprint density at radius 2 is 1.28 bits per heavy atom. The number of rotatable bonds is 2. The van der Waals surface area contributed by atoms with Crippen molar-refractivity contribution >= 4 is 0 Å². The standard InChI is InChI=1S/C25H24/c1-3-25(2)16-17-10-4-5-11-18(17)24(25)23-21-14-8-6-12-19(21)20-13-7-9-15-22(20)23/h4-15,23-24H,3,16H2,1-2H3. The van der Waals surface area contributed by atoms with Crippen LogP contribution in [0.15, 0.2) is 72.8 Å². The van der Waals surface area contributed by atoms with E-state index in [-0.39, 0.29) is 0 Å². The molecule has 2 aliphatic rings. The first-order valence-corrected chi connectivity index (χ1v) is 9.49. The van der Waals surface area contributed by atoms with Crippen LogP contribution in [0.25, 0.3) is 11.1 Å². The smallest absolute Gasteiger partial charge is 0.0176 e. The summed E-state index contributed by atoms with van der Waals surface area (Å²) in [4.78, 5) is 0. The van der Waals surface area contributed by atoms with Crippen LogP contribution < -0.4 is 0 Å². The number of fused-ring (bicyclic) bond motifs is 4. The average molecular weight is 324 g/mol. The van der Waals surface area contributed by atoms with Crippen LogP contribution in [0.3, 0.4) is 0 Å². The number of benzene rings is 3. The zero-order valence-corrected chi connectivity index (χ0v) is 15.0. The molecule has 2 aliphatic carbocycles. The Kier molecular flexibility index (Phi) is 3.19. The maximum Gasteiger partial charge on any atom is 0.0176 e. The maximum absolute atomic E-state index is 2.50. The van der Waals surface area contributed by atoms with Gasteiger partial charge in [0, 0.05) is 11.8 Å². The highest BCUT2D eigenvalue weighted by molar-refractivity contribution is 5.79. The van der Waals surface area contributed by atoms with Gasteiger partial charge in [0.25, 0.3) is 0 Å². The Morgan fingerprint density at radius 1 is 0.760 bits per heavy atom. The van der Waals surface area contributed by atoms with Crippen molar-refractivity contribution in [3.05, 3.63) is 95.1 Å². The van der Waals surface area contributed by atoms with E-state index in [9.17, 15) is 0 Å². The summed E-state index contributed by atoms with van der Waals surface area (Å²) < 4.78 is 0. The fourth-order valence-electron chi connectivity index (χ4n) is 5.40. The summed E-state index contributed by atoms with van der Waals surface area (Å²) in [5.74, 6) is 1.03. The van der Waals surface area contributed by atoms with E-state index in [4.69, 9.17) is 0 Å². The van der Waals surface area contributed by atoms with E-state index in [2.05, 4.69) is 86.6 Å². The van der Waals surface area contributed by atoms with Gasteiger partial charge in [-0.2, -0.15) is 0 Å². The van der Waals surface area contributed by atoms with Crippen molar-refractivity contribution in [2.24, 2.45) is 5.41 Å². The molecule has 0 amide bonds. The molecule has 25 heavy (non-hydrogen) atoms. The summed E-state index contributed by atoms with van der Waals surface area (Å²) in [5, 5.41) is 0. The van der Waals surface area contributed by atoms with E-state index >= 15 is 0 Å². The predicted molar refractivity (Wildman–Crippen MR) is 105 cm³/mol. The molecule has 0 saturated carbocycles. The molecule has 2 unspecified atom stereocenters. The minimum absolute atomic E-state index is 0.318. The van der Waals surface area contributed by atoms with Crippen LogP contribution in [0.1, 0.15) is 54.4 Å². The molecule has 124 valence electrons. The highest BCUT2D eigenvalue weighted by Crippen LogP contribution is 2.61. The minimum Gasteiger partial charge on any atom is -0.0648 e. The molecule has 0 heteroatoms. The summed E-state index contributed by atoms with van der Waals surface area (Å²) in [7, 11) is 0. The summed E-state index contributed by atoms with van der Waals surface area (Å²) >= 11 is 0. The quantitative estimate of drug-likeness (QED) is 0.501. The average Bonchev–Trinajstić information content (AvgIpc) is 3.13. The third-order valence-corrected chi connectivity index (χ3v) is 6.76. The lowest BCUT2D eigenvalue weighted by atomic mass is 9.67. The van der Waals surface area contributed by atoms with Gasteiger partial charge in [-0.3, -0.25) is 0 Å². The number of hydrogen-bond donors (Lipinski definition) is 0. The molecule has 0 N–H and O–H groups in total. The van der Waals surface area contributed by atoms with Crippen LogP contribution in [0.2, 0.25) is 0 Å². The van der Waals surface area contributed by atoms with Crippen LogP contribution in [0.4, 0.5) is 0 Å². The zero-order valence-electron chi connectivity index (χ0n) is 15.0. The third-order valence-electron chi connectivity index (χ3n) is 6.76. The van der Waals surface area contributed by atoms with Crippen molar-refractivity contribution in [2.45, 2.75) is 38.5 Å². The summed E-state index contributed by atoms with van der Waals surface area (Å²) in [6, 6.07) is 27.3. The van der Waals surface area contributed by atoms with Gasteiger partial charge in [0.2, 0.25) is 0 Å². The fourth-order valence-corrected chi connectivity index (χ4v) is 5.40. The van der Waals surface area contributed by atoms with Gasteiger partial charge in [0.05, 0.1) is 0 Å². The van der Waals surface area contributed by atoms with Gasteiger partial charge in [0.15, 0.2) is 0 Å². The van der Waals surface area contributed by atoms with Crippen LogP contribution in [-0.4, -0.2) is 0 Å². The summed E-state index contributed by atoms with van der Waals surface area (Å²) in [6.07, 6.45) is 2.42. The van der Waals surface area contributed by atoms with Gasteiger partial charge in [0.1, 0.15) is 0 Å². The molecule has 0 heterocycles. The second-order valence-electron chi connectivity index (χ2n) is 8.01. The zero-order chi connectivity index (χ0) is 17.0. The van der Waals surface area contributed by atoms with E-state index in [0.717, 1.165) is 0 Å². The first kappa shape index (κ1) is 15.0. The van der Waals surface area contributed by atoms with Crippen LogP contribution >= 0.6 is 0 Å². The first-order valence-electron chi connectivity index (χ1n) is 9.49. The second-order valence-corrected chi connectivity index (χ2v) is 8.01. The van der Waals surface area contributed by atoms with E-state index in [1.165, 1.54) is 35.1 Å². The Labute approximate surface area is 150 Å². The first-order chi connectivity index (χ1) is 12.2. The molecule has 0 radical (unpaired) electrons. The lowest BCUT2D eigenvalue weighted by Gasteiger charge is -2.36. The molecule has 0 aliphatic heterocycles. The Balaban J connectivity index is 1.78. The molecular weight excluding hydrogens is 300 g/mol. The maximum atomic E-state index is 2.50. The van der Waals surface area contributed by atoms with E-state index in [0.29, 0.717) is 17.3 Å². The normalized spacial score (nSPS) is 24.0. The molecule has 0 nitrogen and oxygen atoms in total. The highest BCUT2D eigenvalue weighted by atomic mass is 14.5. The molecule has 3 aromatic carbocycles. The lowest BCUT2D eigenvalue weighted by Crippen LogP contribution is -2.26. The SMILES string of the molecule is CCC1(C)Cc2ccccc2C1C1c2ccccc2-c2ccccc21. The molecule has 0 aromatic heterocycles. The van der Waals surface area contributed by atoms with E-state index < -0.39 is 0 Å². The largest absolute Gasteiger partial charge is 0.0648 e. The molecule has 3 aromatic rings. The summed E-state index contributed by atoms with van der Waals surface area (Å²) in [6.45, 7) is 4.87. The number of hydrogen-bond acceptors (Lipinski definition) is 0. The van der Waals surface area contributed by atoms with Crippen molar-refractivity contribution in [3.8, 4) is 11.1 Å². The lowest BCUT2D eigenvalue weighted by molar-refractivity contribution is 0.249. The van der Waals surface area contributed by atoms with Crippen LogP contribution in [-0.2, 0) is 6.42 Å². The van der Waals surface area contributed by atoms with Gasteiger partial charge < -0.3 is 0 Å². The molecular formula is C25H24. The Bertz CT molecular complexity index is 906. The van der Waals surface area contributed by atoms with Crippen molar-refractivity contribution in [3.63, 3.8) is 0 Å². The summed E-state index contributed by atoms with van der Waals surface area (Å²) in [5.41, 5.74) is 9.35. The van der Waals surface area contributed by atoms with Crippen molar-refractivity contribution in [1.82, 2.24) is 0 Å². The fraction of sp³-hybridized carbons (Fsp3) is 0.280. The topological polar surface area (TPSA) is 0 Å². The van der Waals surface area contributed by atoms with E-state index in [1.807, 2.05) is 0 Å². The molecule has 0 bridgehead atoms. The minimum atomic E-state index is 0.318. The van der Waals surface area contributed by atoms with Crippen molar-refractivity contribution in [1.29, 1.82) is 0 Å². The molecule has 5 rings (SSSR count). The van der Waals surface area contributed by atoms with Crippen LogP contribution in [0, 0.1) is 5.41 Å². The monoisotopic (exact) mass is 324 g/mol. The molecule has 0 spiro atoms. The Hall–Kier alpha value is -2.34.